The average molecular weight is 412 g/mol. The number of methoxy groups -OCH3 is 2. The zero-order chi connectivity index (χ0) is 20.9. The van der Waals surface area contributed by atoms with Crippen LogP contribution in [0.1, 0.15) is 0 Å². The molecule has 1 aromatic carbocycles. The van der Waals surface area contributed by atoms with Crippen LogP contribution >= 0.6 is 0 Å². The lowest BCUT2D eigenvalue weighted by atomic mass is 10.2. The van der Waals surface area contributed by atoms with Crippen molar-refractivity contribution in [1.82, 2.24) is 19.4 Å². The molecule has 9 heteroatoms. The second kappa shape index (κ2) is 9.19. The minimum Gasteiger partial charge on any atom is -0.493 e. The molecular weight excluding hydrogens is 384 g/mol. The molecule has 2 N–H and O–H groups in total. The van der Waals surface area contributed by atoms with Crippen LogP contribution in [0, 0.1) is 0 Å². The SMILES string of the molecule is CNc1nc2cnc(Nc3ccc(OC)c(OC)c3)cc2n1CCN1CCOCC1. The van der Waals surface area contributed by atoms with E-state index in [4.69, 9.17) is 14.2 Å². The van der Waals surface area contributed by atoms with Crippen molar-refractivity contribution < 1.29 is 14.2 Å². The van der Waals surface area contributed by atoms with Crippen LogP contribution in [0.4, 0.5) is 17.5 Å². The first-order valence-corrected chi connectivity index (χ1v) is 10.0. The maximum Gasteiger partial charge on any atom is 0.203 e. The van der Waals surface area contributed by atoms with Gasteiger partial charge in [0.05, 0.1) is 39.1 Å². The Kier molecular flexibility index (Phi) is 6.20. The van der Waals surface area contributed by atoms with Crippen molar-refractivity contribution >= 4 is 28.5 Å². The predicted molar refractivity (Wildman–Crippen MR) is 117 cm³/mol. The van der Waals surface area contributed by atoms with Gasteiger partial charge in [0.25, 0.3) is 0 Å². The Balaban J connectivity index is 1.58. The summed E-state index contributed by atoms with van der Waals surface area (Å²) in [4.78, 5) is 11.6. The summed E-state index contributed by atoms with van der Waals surface area (Å²) in [6.07, 6.45) is 1.80. The van der Waals surface area contributed by atoms with Gasteiger partial charge in [-0.1, -0.05) is 0 Å². The molecule has 0 saturated carbocycles. The number of ether oxygens (including phenoxy) is 3. The zero-order valence-corrected chi connectivity index (χ0v) is 17.6. The van der Waals surface area contributed by atoms with Crippen molar-refractivity contribution in [3.8, 4) is 11.5 Å². The molecule has 160 valence electrons. The smallest absolute Gasteiger partial charge is 0.203 e. The van der Waals surface area contributed by atoms with Gasteiger partial charge in [0, 0.05) is 51.0 Å². The largest absolute Gasteiger partial charge is 0.493 e. The number of benzene rings is 1. The normalized spacial score (nSPS) is 14.6. The van der Waals surface area contributed by atoms with Gasteiger partial charge in [0.1, 0.15) is 11.3 Å². The Bertz CT molecular complexity index is 1000. The second-order valence-electron chi connectivity index (χ2n) is 7.04. The molecule has 0 amide bonds. The number of rotatable bonds is 8. The number of anilines is 3. The molecule has 1 fully saturated rings. The van der Waals surface area contributed by atoms with E-state index in [1.165, 1.54) is 0 Å². The van der Waals surface area contributed by atoms with E-state index in [2.05, 4.69) is 30.1 Å². The third-order valence-corrected chi connectivity index (χ3v) is 5.26. The highest BCUT2D eigenvalue weighted by atomic mass is 16.5. The lowest BCUT2D eigenvalue weighted by molar-refractivity contribution is 0.0366. The Morgan fingerprint density at radius 2 is 1.87 bits per heavy atom. The zero-order valence-electron chi connectivity index (χ0n) is 17.6. The molecule has 9 nitrogen and oxygen atoms in total. The Hall–Kier alpha value is -3.04. The summed E-state index contributed by atoms with van der Waals surface area (Å²) in [5, 5.41) is 6.55. The molecule has 1 aliphatic heterocycles. The van der Waals surface area contributed by atoms with Gasteiger partial charge in [0.15, 0.2) is 11.5 Å². The molecule has 0 unspecified atom stereocenters. The number of imidazole rings is 1. The first kappa shape index (κ1) is 20.2. The molecule has 1 saturated heterocycles. The van der Waals surface area contributed by atoms with Gasteiger partial charge in [-0.3, -0.25) is 4.90 Å². The third-order valence-electron chi connectivity index (χ3n) is 5.26. The molecular formula is C21H28N6O3. The van der Waals surface area contributed by atoms with E-state index in [1.54, 1.807) is 20.4 Å². The third kappa shape index (κ3) is 4.27. The number of nitrogens with zero attached hydrogens (tertiary/aromatic N) is 4. The molecule has 30 heavy (non-hydrogen) atoms. The maximum absolute atomic E-state index is 5.45. The standard InChI is InChI=1S/C21H28N6O3/c1-22-21-25-16-14-23-20(24-15-4-5-18(28-2)19(12-15)29-3)13-17(16)27(21)7-6-26-8-10-30-11-9-26/h4-5,12-14H,6-11H2,1-3H3,(H,22,25)(H,23,24). The molecule has 1 aliphatic rings. The van der Waals surface area contributed by atoms with Crippen molar-refractivity contribution in [3.05, 3.63) is 30.5 Å². The number of pyridine rings is 1. The van der Waals surface area contributed by atoms with Crippen LogP contribution in [0.15, 0.2) is 30.5 Å². The van der Waals surface area contributed by atoms with Crippen LogP contribution in [0.3, 0.4) is 0 Å². The molecule has 3 heterocycles. The first-order chi connectivity index (χ1) is 14.7. The first-order valence-electron chi connectivity index (χ1n) is 10.0. The summed E-state index contributed by atoms with van der Waals surface area (Å²) in [5.74, 6) is 2.93. The van der Waals surface area contributed by atoms with Gasteiger partial charge in [-0.25, -0.2) is 9.97 Å². The summed E-state index contributed by atoms with van der Waals surface area (Å²) in [7, 11) is 5.14. The molecule has 0 radical (unpaired) electrons. The van der Waals surface area contributed by atoms with Gasteiger partial charge in [-0.2, -0.15) is 0 Å². The molecule has 0 bridgehead atoms. The quantitative estimate of drug-likeness (QED) is 0.584. The van der Waals surface area contributed by atoms with E-state index in [-0.39, 0.29) is 0 Å². The number of aromatic nitrogens is 3. The van der Waals surface area contributed by atoms with E-state index in [0.29, 0.717) is 11.5 Å². The van der Waals surface area contributed by atoms with Crippen molar-refractivity contribution in [3.63, 3.8) is 0 Å². The number of morpholine rings is 1. The molecule has 4 rings (SSSR count). The summed E-state index contributed by atoms with van der Waals surface area (Å²) in [5.41, 5.74) is 2.76. The fourth-order valence-corrected chi connectivity index (χ4v) is 3.64. The van der Waals surface area contributed by atoms with Gasteiger partial charge in [0.2, 0.25) is 5.95 Å². The van der Waals surface area contributed by atoms with Crippen LogP contribution < -0.4 is 20.1 Å². The topological polar surface area (TPSA) is 85.7 Å². The van der Waals surface area contributed by atoms with Crippen molar-refractivity contribution in [1.29, 1.82) is 0 Å². The van der Waals surface area contributed by atoms with Gasteiger partial charge in [-0.05, 0) is 12.1 Å². The highest BCUT2D eigenvalue weighted by Crippen LogP contribution is 2.31. The molecule has 3 aromatic rings. The monoisotopic (exact) mass is 412 g/mol. The summed E-state index contributed by atoms with van der Waals surface area (Å²) < 4.78 is 18.3. The van der Waals surface area contributed by atoms with E-state index in [1.807, 2.05) is 31.3 Å². The average Bonchev–Trinajstić information content (AvgIpc) is 3.15. The Labute approximate surface area is 176 Å². The van der Waals surface area contributed by atoms with Crippen LogP contribution in [-0.2, 0) is 11.3 Å². The summed E-state index contributed by atoms with van der Waals surface area (Å²) in [6, 6.07) is 7.71. The minimum atomic E-state index is 0.664. The number of nitrogens with one attached hydrogen (secondary N) is 2. The predicted octanol–water partition coefficient (Wildman–Crippen LogP) is 2.57. The van der Waals surface area contributed by atoms with Crippen molar-refractivity contribution in [2.24, 2.45) is 0 Å². The Morgan fingerprint density at radius 3 is 2.60 bits per heavy atom. The fraction of sp³-hybridized carbons (Fsp3) is 0.429. The number of fused-ring (bicyclic) bond motifs is 1. The summed E-state index contributed by atoms with van der Waals surface area (Å²) in [6.45, 7) is 5.32. The van der Waals surface area contributed by atoms with E-state index in [0.717, 1.165) is 67.9 Å². The van der Waals surface area contributed by atoms with E-state index < -0.39 is 0 Å². The lowest BCUT2D eigenvalue weighted by Crippen LogP contribution is -2.38. The fourth-order valence-electron chi connectivity index (χ4n) is 3.64. The van der Waals surface area contributed by atoms with Gasteiger partial charge >= 0.3 is 0 Å². The second-order valence-corrected chi connectivity index (χ2v) is 7.04. The molecule has 2 aromatic heterocycles. The van der Waals surface area contributed by atoms with Crippen LogP contribution in [0.5, 0.6) is 11.5 Å². The van der Waals surface area contributed by atoms with E-state index in [9.17, 15) is 0 Å². The Morgan fingerprint density at radius 1 is 1.07 bits per heavy atom. The lowest BCUT2D eigenvalue weighted by Gasteiger charge is -2.26. The molecule has 0 spiro atoms. The number of hydrogen-bond acceptors (Lipinski definition) is 8. The summed E-state index contributed by atoms with van der Waals surface area (Å²) >= 11 is 0. The highest BCUT2D eigenvalue weighted by Gasteiger charge is 2.15. The number of hydrogen-bond donors (Lipinski definition) is 2. The van der Waals surface area contributed by atoms with Gasteiger partial charge in [-0.15, -0.1) is 0 Å². The van der Waals surface area contributed by atoms with Crippen LogP contribution in [0.2, 0.25) is 0 Å². The van der Waals surface area contributed by atoms with E-state index >= 15 is 0 Å². The maximum atomic E-state index is 5.45. The van der Waals surface area contributed by atoms with Gasteiger partial charge < -0.3 is 29.4 Å². The van der Waals surface area contributed by atoms with Crippen molar-refractivity contribution in [2.75, 3.05) is 64.7 Å². The highest BCUT2D eigenvalue weighted by molar-refractivity contribution is 5.81. The van der Waals surface area contributed by atoms with Crippen molar-refractivity contribution in [2.45, 2.75) is 6.54 Å². The van der Waals surface area contributed by atoms with Crippen LogP contribution in [-0.4, -0.2) is 73.6 Å². The van der Waals surface area contributed by atoms with Crippen LogP contribution in [0.25, 0.3) is 11.0 Å². The minimum absolute atomic E-state index is 0.664. The molecule has 0 aliphatic carbocycles. The molecule has 0 atom stereocenters.